The van der Waals surface area contributed by atoms with Gasteiger partial charge in [-0.15, -0.1) is 0 Å². The van der Waals surface area contributed by atoms with Gasteiger partial charge in [-0.05, 0) is 28.7 Å². The fourth-order valence-electron chi connectivity index (χ4n) is 2.82. The van der Waals surface area contributed by atoms with E-state index in [1.807, 2.05) is 12.3 Å². The van der Waals surface area contributed by atoms with Crippen LogP contribution in [0.25, 0.3) is 0 Å². The molecule has 2 nitrogen and oxygen atoms in total. The molecule has 1 aliphatic rings. The van der Waals surface area contributed by atoms with Crippen LogP contribution in [0.15, 0.2) is 42.6 Å². The predicted octanol–water partition coefficient (Wildman–Crippen LogP) is 3.85. The van der Waals surface area contributed by atoms with Crippen LogP contribution in [-0.4, -0.2) is 16.4 Å². The highest BCUT2D eigenvalue weighted by Gasteiger charge is 2.22. The van der Waals surface area contributed by atoms with Crippen LogP contribution < -0.4 is 0 Å². The molecular formula is C16H17ClN2. The highest BCUT2D eigenvalue weighted by atomic mass is 35.5. The molecule has 3 rings (SSSR count). The van der Waals surface area contributed by atoms with Crippen LogP contribution in [0, 0.1) is 0 Å². The second-order valence-electron chi connectivity index (χ2n) is 5.26. The Labute approximate surface area is 119 Å². The molecule has 3 heteroatoms. The maximum absolute atomic E-state index is 5.98. The Morgan fingerprint density at radius 3 is 2.89 bits per heavy atom. The van der Waals surface area contributed by atoms with E-state index in [1.54, 1.807) is 0 Å². The number of rotatable bonds is 2. The van der Waals surface area contributed by atoms with Crippen molar-refractivity contribution in [3.63, 3.8) is 0 Å². The Bertz CT molecular complexity index is 568. The first-order valence-electron chi connectivity index (χ1n) is 6.63. The number of nitrogens with zero attached hydrogens (tertiary/aromatic N) is 2. The van der Waals surface area contributed by atoms with E-state index in [4.69, 9.17) is 11.6 Å². The Kier molecular flexibility index (Phi) is 3.54. The first-order chi connectivity index (χ1) is 9.22. The molecule has 2 heterocycles. The van der Waals surface area contributed by atoms with Gasteiger partial charge in [0.15, 0.2) is 0 Å². The van der Waals surface area contributed by atoms with Crippen molar-refractivity contribution in [2.24, 2.45) is 0 Å². The summed E-state index contributed by atoms with van der Waals surface area (Å²) in [6.45, 7) is 5.28. The smallest absolute Gasteiger partial charge is 0.129 e. The van der Waals surface area contributed by atoms with Crippen LogP contribution in [0.2, 0.25) is 5.15 Å². The van der Waals surface area contributed by atoms with E-state index in [0.717, 1.165) is 19.6 Å². The van der Waals surface area contributed by atoms with Crippen LogP contribution in [0.3, 0.4) is 0 Å². The fourth-order valence-corrected chi connectivity index (χ4v) is 2.98. The summed E-state index contributed by atoms with van der Waals surface area (Å²) in [7, 11) is 0. The molecule has 0 amide bonds. The lowest BCUT2D eigenvalue weighted by Crippen LogP contribution is -2.32. The zero-order chi connectivity index (χ0) is 13.2. The second-order valence-corrected chi connectivity index (χ2v) is 5.65. The van der Waals surface area contributed by atoms with E-state index in [2.05, 4.69) is 47.1 Å². The summed E-state index contributed by atoms with van der Waals surface area (Å²) < 4.78 is 0. The van der Waals surface area contributed by atoms with Gasteiger partial charge in [0.2, 0.25) is 0 Å². The van der Waals surface area contributed by atoms with Gasteiger partial charge in [-0.2, -0.15) is 0 Å². The Morgan fingerprint density at radius 1 is 1.32 bits per heavy atom. The molecular weight excluding hydrogens is 256 g/mol. The van der Waals surface area contributed by atoms with Crippen molar-refractivity contribution in [2.75, 3.05) is 6.54 Å². The molecule has 2 aromatic rings. The molecule has 1 atom stereocenters. The standard InChI is InChI=1S/C16H17ClN2/c1-12-9-19(10-13-5-3-2-4-6-13)11-14-8-18-16(17)7-15(12)14/h2-8,12H,9-11H2,1H3/t12-/m1/s1. The molecule has 1 aromatic carbocycles. The van der Waals surface area contributed by atoms with Crippen molar-refractivity contribution in [1.29, 1.82) is 0 Å². The fraction of sp³-hybridized carbons (Fsp3) is 0.312. The topological polar surface area (TPSA) is 16.1 Å². The number of aromatic nitrogens is 1. The van der Waals surface area contributed by atoms with Crippen molar-refractivity contribution in [2.45, 2.75) is 25.9 Å². The molecule has 0 N–H and O–H groups in total. The second kappa shape index (κ2) is 5.32. The Hall–Kier alpha value is -1.38. The van der Waals surface area contributed by atoms with Gasteiger partial charge in [-0.3, -0.25) is 4.90 Å². The molecule has 0 saturated heterocycles. The number of pyridine rings is 1. The third-order valence-corrected chi connectivity index (χ3v) is 3.90. The molecule has 0 fully saturated rings. The van der Waals surface area contributed by atoms with Gasteiger partial charge in [0, 0.05) is 25.8 Å². The van der Waals surface area contributed by atoms with Gasteiger partial charge in [-0.25, -0.2) is 4.98 Å². The van der Waals surface area contributed by atoms with Crippen molar-refractivity contribution in [3.05, 3.63) is 64.4 Å². The van der Waals surface area contributed by atoms with Gasteiger partial charge in [0.1, 0.15) is 5.15 Å². The molecule has 0 radical (unpaired) electrons. The quantitative estimate of drug-likeness (QED) is 0.772. The van der Waals surface area contributed by atoms with Crippen molar-refractivity contribution in [1.82, 2.24) is 9.88 Å². The van der Waals surface area contributed by atoms with Crippen molar-refractivity contribution in [3.8, 4) is 0 Å². The third-order valence-electron chi connectivity index (χ3n) is 3.70. The molecule has 0 spiro atoms. The average molecular weight is 273 g/mol. The molecule has 0 saturated carbocycles. The zero-order valence-electron chi connectivity index (χ0n) is 11.0. The number of fused-ring (bicyclic) bond motifs is 1. The third kappa shape index (κ3) is 2.80. The first kappa shape index (κ1) is 12.6. The van der Waals surface area contributed by atoms with Gasteiger partial charge < -0.3 is 0 Å². The van der Waals surface area contributed by atoms with Crippen LogP contribution in [0.5, 0.6) is 0 Å². The molecule has 0 unspecified atom stereocenters. The number of benzene rings is 1. The van der Waals surface area contributed by atoms with Crippen LogP contribution in [0.1, 0.15) is 29.5 Å². The predicted molar refractivity (Wildman–Crippen MR) is 78.2 cm³/mol. The Morgan fingerprint density at radius 2 is 2.11 bits per heavy atom. The lowest BCUT2D eigenvalue weighted by atomic mass is 9.92. The summed E-state index contributed by atoms with van der Waals surface area (Å²) in [5.41, 5.74) is 4.02. The van der Waals surface area contributed by atoms with E-state index in [9.17, 15) is 0 Å². The van der Waals surface area contributed by atoms with E-state index in [-0.39, 0.29) is 0 Å². The Balaban J connectivity index is 1.80. The highest BCUT2D eigenvalue weighted by Crippen LogP contribution is 2.29. The molecule has 19 heavy (non-hydrogen) atoms. The molecule has 0 aliphatic carbocycles. The van der Waals surface area contributed by atoms with Gasteiger partial charge in [-0.1, -0.05) is 48.9 Å². The van der Waals surface area contributed by atoms with Gasteiger partial charge in [0.25, 0.3) is 0 Å². The van der Waals surface area contributed by atoms with Gasteiger partial charge in [0.05, 0.1) is 0 Å². The van der Waals surface area contributed by atoms with Crippen LogP contribution in [0.4, 0.5) is 0 Å². The minimum Gasteiger partial charge on any atom is -0.294 e. The van der Waals surface area contributed by atoms with Gasteiger partial charge >= 0.3 is 0 Å². The summed E-state index contributed by atoms with van der Waals surface area (Å²) in [5.74, 6) is 0.507. The molecule has 0 bridgehead atoms. The summed E-state index contributed by atoms with van der Waals surface area (Å²) in [6, 6.07) is 12.6. The summed E-state index contributed by atoms with van der Waals surface area (Å²) in [6.07, 6.45) is 1.92. The summed E-state index contributed by atoms with van der Waals surface area (Å²) in [4.78, 5) is 6.68. The maximum atomic E-state index is 5.98. The zero-order valence-corrected chi connectivity index (χ0v) is 11.8. The minimum absolute atomic E-state index is 0.507. The number of hydrogen-bond donors (Lipinski definition) is 0. The highest BCUT2D eigenvalue weighted by molar-refractivity contribution is 6.29. The van der Waals surface area contributed by atoms with Crippen molar-refractivity contribution < 1.29 is 0 Å². The summed E-state index contributed by atoms with van der Waals surface area (Å²) in [5, 5.41) is 0.599. The maximum Gasteiger partial charge on any atom is 0.129 e. The van der Waals surface area contributed by atoms with E-state index in [0.29, 0.717) is 11.1 Å². The summed E-state index contributed by atoms with van der Waals surface area (Å²) >= 11 is 5.98. The SMILES string of the molecule is C[C@@H]1CN(Cc2ccccc2)Cc2cnc(Cl)cc21. The minimum atomic E-state index is 0.507. The number of halogens is 1. The monoisotopic (exact) mass is 272 g/mol. The molecule has 1 aliphatic heterocycles. The van der Waals surface area contributed by atoms with E-state index >= 15 is 0 Å². The molecule has 98 valence electrons. The van der Waals surface area contributed by atoms with E-state index in [1.165, 1.54) is 16.7 Å². The van der Waals surface area contributed by atoms with Crippen molar-refractivity contribution >= 4 is 11.6 Å². The normalized spacial score (nSPS) is 19.2. The van der Waals surface area contributed by atoms with Crippen LogP contribution in [-0.2, 0) is 13.1 Å². The number of hydrogen-bond acceptors (Lipinski definition) is 2. The first-order valence-corrected chi connectivity index (χ1v) is 7.01. The van der Waals surface area contributed by atoms with E-state index < -0.39 is 0 Å². The lowest BCUT2D eigenvalue weighted by molar-refractivity contribution is 0.226. The van der Waals surface area contributed by atoms with Crippen LogP contribution >= 0.6 is 11.6 Å². The average Bonchev–Trinajstić information content (AvgIpc) is 2.41. The largest absolute Gasteiger partial charge is 0.294 e. The lowest BCUT2D eigenvalue weighted by Gasteiger charge is -2.32. The molecule has 1 aromatic heterocycles.